The Morgan fingerprint density at radius 1 is 1.17 bits per heavy atom. The number of rotatable bonds is 6. The lowest BCUT2D eigenvalue weighted by Crippen LogP contribution is -2.43. The van der Waals surface area contributed by atoms with Crippen LogP contribution in [0.25, 0.3) is 0 Å². The Morgan fingerprint density at radius 2 is 1.83 bits per heavy atom. The molecule has 1 N–H and O–H groups in total. The molecular weight excluding hydrogens is 393 g/mol. The van der Waals surface area contributed by atoms with Crippen molar-refractivity contribution in [2.45, 2.75) is 25.1 Å². The van der Waals surface area contributed by atoms with Gasteiger partial charge in [-0.25, -0.2) is 4.98 Å². The number of pyridine rings is 1. The van der Waals surface area contributed by atoms with Crippen molar-refractivity contribution in [1.29, 1.82) is 0 Å². The second kappa shape index (κ2) is 9.47. The van der Waals surface area contributed by atoms with Crippen LogP contribution in [0.4, 0.5) is 19.0 Å². The van der Waals surface area contributed by atoms with Crippen LogP contribution >= 0.6 is 0 Å². The highest BCUT2D eigenvalue weighted by atomic mass is 19.4. The van der Waals surface area contributed by atoms with Gasteiger partial charge in [-0.1, -0.05) is 30.3 Å². The molecule has 162 valence electrons. The van der Waals surface area contributed by atoms with E-state index in [-0.39, 0.29) is 17.9 Å². The summed E-state index contributed by atoms with van der Waals surface area (Å²) in [5, 5.41) is 3.07. The number of aromatic nitrogens is 1. The summed E-state index contributed by atoms with van der Waals surface area (Å²) < 4.78 is 38.1. The standard InChI is InChI=1S/C22H27F3N4O/c1-28(2)19(16-6-4-3-5-7-16)15-27-21(30)17-10-12-29(13-11-17)20-9-8-18(14-26-20)22(23,24)25/h3-9,14,17,19H,10-13,15H2,1-2H3,(H,27,30)/t19-/m0/s1. The molecule has 2 aromatic rings. The van der Waals surface area contributed by atoms with E-state index >= 15 is 0 Å². The van der Waals surface area contributed by atoms with Gasteiger partial charge < -0.3 is 15.1 Å². The number of amides is 1. The lowest BCUT2D eigenvalue weighted by atomic mass is 9.95. The number of nitrogens with one attached hydrogen (secondary N) is 1. The van der Waals surface area contributed by atoms with Crippen LogP contribution in [0.5, 0.6) is 0 Å². The topological polar surface area (TPSA) is 48.5 Å². The van der Waals surface area contributed by atoms with E-state index in [9.17, 15) is 18.0 Å². The molecule has 30 heavy (non-hydrogen) atoms. The molecule has 1 aliphatic heterocycles. The maximum absolute atomic E-state index is 12.7. The van der Waals surface area contributed by atoms with Gasteiger partial charge in [-0.15, -0.1) is 0 Å². The summed E-state index contributed by atoms with van der Waals surface area (Å²) in [6.45, 7) is 1.70. The molecule has 5 nitrogen and oxygen atoms in total. The van der Waals surface area contributed by atoms with Crippen LogP contribution in [0.3, 0.4) is 0 Å². The molecule has 0 saturated carbocycles. The summed E-state index contributed by atoms with van der Waals surface area (Å²) in [4.78, 5) is 20.6. The maximum atomic E-state index is 12.7. The second-order valence-electron chi connectivity index (χ2n) is 7.80. The quantitative estimate of drug-likeness (QED) is 0.774. The summed E-state index contributed by atoms with van der Waals surface area (Å²) in [7, 11) is 3.97. The molecule has 1 aromatic carbocycles. The van der Waals surface area contributed by atoms with Crippen LogP contribution in [0.15, 0.2) is 48.7 Å². The Balaban J connectivity index is 1.51. The Kier molecular flexibility index (Phi) is 6.97. The van der Waals surface area contributed by atoms with Crippen molar-refractivity contribution in [2.75, 3.05) is 38.6 Å². The van der Waals surface area contributed by atoms with Crippen LogP contribution in [0, 0.1) is 5.92 Å². The fraction of sp³-hybridized carbons (Fsp3) is 0.455. The Labute approximate surface area is 174 Å². The second-order valence-corrected chi connectivity index (χ2v) is 7.80. The third-order valence-corrected chi connectivity index (χ3v) is 5.54. The molecule has 1 amide bonds. The van der Waals surface area contributed by atoms with Gasteiger partial charge in [0.2, 0.25) is 5.91 Å². The largest absolute Gasteiger partial charge is 0.417 e. The molecule has 1 aliphatic rings. The van der Waals surface area contributed by atoms with Crippen LogP contribution in [-0.2, 0) is 11.0 Å². The van der Waals surface area contributed by atoms with E-state index in [1.54, 1.807) is 0 Å². The molecule has 0 aliphatic carbocycles. The minimum absolute atomic E-state index is 0.0257. The number of carbonyl (C=O) groups excluding carboxylic acids is 1. The van der Waals surface area contributed by atoms with Gasteiger partial charge in [-0.2, -0.15) is 13.2 Å². The average molecular weight is 420 g/mol. The zero-order valence-electron chi connectivity index (χ0n) is 17.2. The number of carbonyl (C=O) groups is 1. The molecule has 0 bridgehead atoms. The van der Waals surface area contributed by atoms with Crippen molar-refractivity contribution in [3.8, 4) is 0 Å². The first-order chi connectivity index (χ1) is 14.3. The predicted octanol–water partition coefficient (Wildman–Crippen LogP) is 3.74. The van der Waals surface area contributed by atoms with Gasteiger partial charge in [0.05, 0.1) is 11.6 Å². The molecule has 1 aromatic heterocycles. The summed E-state index contributed by atoms with van der Waals surface area (Å²) in [6.07, 6.45) is -2.24. The normalized spacial score (nSPS) is 16.5. The summed E-state index contributed by atoms with van der Waals surface area (Å²) >= 11 is 0. The van der Waals surface area contributed by atoms with Crippen LogP contribution in [0.1, 0.15) is 30.0 Å². The van der Waals surface area contributed by atoms with Crippen LogP contribution in [-0.4, -0.2) is 49.5 Å². The molecule has 1 atom stereocenters. The predicted molar refractivity (Wildman–Crippen MR) is 110 cm³/mol. The molecule has 1 fully saturated rings. The van der Waals surface area contributed by atoms with Gasteiger partial charge in [0.25, 0.3) is 0 Å². The highest BCUT2D eigenvalue weighted by molar-refractivity contribution is 5.79. The molecule has 2 heterocycles. The van der Waals surface area contributed by atoms with Crippen molar-refractivity contribution in [3.63, 3.8) is 0 Å². The molecule has 3 rings (SSSR count). The number of hydrogen-bond acceptors (Lipinski definition) is 4. The smallest absolute Gasteiger partial charge is 0.357 e. The van der Waals surface area contributed by atoms with Gasteiger partial charge in [0, 0.05) is 31.7 Å². The highest BCUT2D eigenvalue weighted by Crippen LogP contribution is 2.30. The zero-order chi connectivity index (χ0) is 21.7. The number of benzene rings is 1. The third-order valence-electron chi connectivity index (χ3n) is 5.54. The highest BCUT2D eigenvalue weighted by Gasteiger charge is 2.31. The summed E-state index contributed by atoms with van der Waals surface area (Å²) in [5.41, 5.74) is 0.389. The number of piperidine rings is 1. The fourth-order valence-corrected chi connectivity index (χ4v) is 3.73. The Morgan fingerprint density at radius 3 is 2.37 bits per heavy atom. The third kappa shape index (κ3) is 5.50. The minimum atomic E-state index is -4.39. The molecule has 0 radical (unpaired) electrons. The summed E-state index contributed by atoms with van der Waals surface area (Å²) in [6, 6.07) is 12.6. The van der Waals surface area contributed by atoms with Crippen molar-refractivity contribution in [2.24, 2.45) is 5.92 Å². The van der Waals surface area contributed by atoms with E-state index in [1.165, 1.54) is 6.07 Å². The number of nitrogens with zero attached hydrogens (tertiary/aromatic N) is 3. The first kappa shape index (κ1) is 22.1. The first-order valence-electron chi connectivity index (χ1n) is 10.0. The van der Waals surface area contributed by atoms with Crippen molar-refractivity contribution >= 4 is 11.7 Å². The lowest BCUT2D eigenvalue weighted by Gasteiger charge is -2.33. The summed E-state index contributed by atoms with van der Waals surface area (Å²) in [5.74, 6) is 0.436. The van der Waals surface area contributed by atoms with Gasteiger partial charge in [0.15, 0.2) is 0 Å². The van der Waals surface area contributed by atoms with Crippen molar-refractivity contribution in [3.05, 3.63) is 59.8 Å². The number of anilines is 1. The van der Waals surface area contributed by atoms with Gasteiger partial charge in [0.1, 0.15) is 5.82 Å². The number of halogens is 3. The van der Waals surface area contributed by atoms with E-state index < -0.39 is 11.7 Å². The molecule has 0 unspecified atom stereocenters. The van der Waals surface area contributed by atoms with Crippen molar-refractivity contribution < 1.29 is 18.0 Å². The van der Waals surface area contributed by atoms with Crippen LogP contribution in [0.2, 0.25) is 0 Å². The number of hydrogen-bond donors (Lipinski definition) is 1. The molecule has 0 spiro atoms. The first-order valence-corrected chi connectivity index (χ1v) is 10.0. The van der Waals surface area contributed by atoms with E-state index in [0.717, 1.165) is 17.8 Å². The van der Waals surface area contributed by atoms with Crippen molar-refractivity contribution in [1.82, 2.24) is 15.2 Å². The SMILES string of the molecule is CN(C)[C@@H](CNC(=O)C1CCN(c2ccc(C(F)(F)F)cn2)CC1)c1ccccc1. The zero-order valence-corrected chi connectivity index (χ0v) is 17.2. The molecule has 1 saturated heterocycles. The van der Waals surface area contributed by atoms with Gasteiger partial charge in [-0.05, 0) is 44.6 Å². The van der Waals surface area contributed by atoms with Crippen LogP contribution < -0.4 is 10.2 Å². The van der Waals surface area contributed by atoms with E-state index in [2.05, 4.69) is 15.2 Å². The van der Waals surface area contributed by atoms with Gasteiger partial charge >= 0.3 is 6.18 Å². The minimum Gasteiger partial charge on any atom is -0.357 e. The lowest BCUT2D eigenvalue weighted by molar-refractivity contribution is -0.137. The maximum Gasteiger partial charge on any atom is 0.417 e. The number of alkyl halides is 3. The Hall–Kier alpha value is -2.61. The fourth-order valence-electron chi connectivity index (χ4n) is 3.73. The molecule has 8 heteroatoms. The average Bonchev–Trinajstić information content (AvgIpc) is 2.74. The Bertz CT molecular complexity index is 817. The van der Waals surface area contributed by atoms with Gasteiger partial charge in [-0.3, -0.25) is 4.79 Å². The molecular formula is C22H27F3N4O. The van der Waals surface area contributed by atoms with E-state index in [0.29, 0.717) is 38.3 Å². The van der Waals surface area contributed by atoms with E-state index in [4.69, 9.17) is 0 Å². The monoisotopic (exact) mass is 420 g/mol. The number of likely N-dealkylation sites (N-methyl/N-ethyl adjacent to an activating group) is 1. The van der Waals surface area contributed by atoms with E-state index in [1.807, 2.05) is 49.3 Å².